The number of carbonyl (C=O) groups is 2. The number of amides is 1. The van der Waals surface area contributed by atoms with Crippen LogP contribution < -0.4 is 4.74 Å². The van der Waals surface area contributed by atoms with E-state index in [0.717, 1.165) is 25.2 Å². The maximum absolute atomic E-state index is 13.3. The standard InChI is InChI=1S/C29H35N3O7/c1-19(2)18-39-24-10-7-22(17-20(24)3)27(33)25-26(21-5-8-23(9-6-21)32(36)37)31(29(35)28(25)34)12-4-11-30-13-15-38-16-14-30/h5-10,17,19,26,33H,4,11-16,18H2,1-3H3/t26-/m1/s1. The fraction of sp³-hybridized carbons (Fsp3) is 0.448. The number of ketones is 1. The first-order chi connectivity index (χ1) is 18.7. The molecule has 39 heavy (non-hydrogen) atoms. The molecule has 2 aliphatic rings. The van der Waals surface area contributed by atoms with Crippen molar-refractivity contribution in [1.82, 2.24) is 9.80 Å². The molecule has 0 aliphatic carbocycles. The van der Waals surface area contributed by atoms with Crippen LogP contribution in [0.2, 0.25) is 0 Å². The van der Waals surface area contributed by atoms with Crippen LogP contribution in [0.15, 0.2) is 48.0 Å². The lowest BCUT2D eigenvalue weighted by Gasteiger charge is -2.29. The highest BCUT2D eigenvalue weighted by Crippen LogP contribution is 2.40. The lowest BCUT2D eigenvalue weighted by Crippen LogP contribution is -2.38. The summed E-state index contributed by atoms with van der Waals surface area (Å²) in [4.78, 5) is 41.0. The zero-order valence-electron chi connectivity index (χ0n) is 22.6. The molecule has 2 saturated heterocycles. The van der Waals surface area contributed by atoms with Gasteiger partial charge in [-0.3, -0.25) is 24.6 Å². The zero-order chi connectivity index (χ0) is 28.1. The summed E-state index contributed by atoms with van der Waals surface area (Å²) >= 11 is 0. The van der Waals surface area contributed by atoms with Crippen molar-refractivity contribution in [3.05, 3.63) is 74.8 Å². The first kappa shape index (κ1) is 28.3. The van der Waals surface area contributed by atoms with Gasteiger partial charge in [0.25, 0.3) is 17.4 Å². The van der Waals surface area contributed by atoms with Crippen LogP contribution in [0.4, 0.5) is 5.69 Å². The van der Waals surface area contributed by atoms with Gasteiger partial charge in [0.05, 0.1) is 36.4 Å². The predicted molar refractivity (Wildman–Crippen MR) is 145 cm³/mol. The minimum absolute atomic E-state index is 0.0320. The Morgan fingerprint density at radius 3 is 2.44 bits per heavy atom. The number of non-ortho nitro benzene ring substituents is 1. The number of carbonyl (C=O) groups excluding carboxylic acids is 2. The van der Waals surface area contributed by atoms with Gasteiger partial charge in [0, 0.05) is 43.9 Å². The van der Waals surface area contributed by atoms with Crippen molar-refractivity contribution in [3.63, 3.8) is 0 Å². The fourth-order valence-corrected chi connectivity index (χ4v) is 4.90. The maximum atomic E-state index is 13.3. The monoisotopic (exact) mass is 537 g/mol. The molecule has 0 bridgehead atoms. The van der Waals surface area contributed by atoms with Gasteiger partial charge in [-0.1, -0.05) is 13.8 Å². The van der Waals surface area contributed by atoms with Crippen LogP contribution in [0.1, 0.15) is 43.0 Å². The molecular formula is C29H35N3O7. The topological polar surface area (TPSA) is 122 Å². The number of ether oxygens (including phenoxy) is 2. The van der Waals surface area contributed by atoms with E-state index in [9.17, 15) is 24.8 Å². The van der Waals surface area contributed by atoms with E-state index in [1.807, 2.05) is 20.8 Å². The second kappa shape index (κ2) is 12.4. The van der Waals surface area contributed by atoms with Gasteiger partial charge in [0.15, 0.2) is 0 Å². The van der Waals surface area contributed by atoms with Crippen LogP contribution in [0.3, 0.4) is 0 Å². The fourth-order valence-electron chi connectivity index (χ4n) is 4.90. The van der Waals surface area contributed by atoms with Gasteiger partial charge >= 0.3 is 0 Å². The zero-order valence-corrected chi connectivity index (χ0v) is 22.6. The van der Waals surface area contributed by atoms with Gasteiger partial charge in [0.1, 0.15) is 11.5 Å². The summed E-state index contributed by atoms with van der Waals surface area (Å²) in [5, 5.41) is 22.6. The number of nitro benzene ring substituents is 1. The Hall–Kier alpha value is -3.76. The maximum Gasteiger partial charge on any atom is 0.295 e. The van der Waals surface area contributed by atoms with E-state index >= 15 is 0 Å². The van der Waals surface area contributed by atoms with E-state index in [1.54, 1.807) is 18.2 Å². The summed E-state index contributed by atoms with van der Waals surface area (Å²) < 4.78 is 11.2. The summed E-state index contributed by atoms with van der Waals surface area (Å²) in [6.45, 7) is 10.5. The third-order valence-corrected chi connectivity index (χ3v) is 6.96. The van der Waals surface area contributed by atoms with Crippen molar-refractivity contribution >= 4 is 23.1 Å². The van der Waals surface area contributed by atoms with E-state index < -0.39 is 22.7 Å². The van der Waals surface area contributed by atoms with Crippen molar-refractivity contribution < 1.29 is 29.1 Å². The molecule has 2 aromatic rings. The summed E-state index contributed by atoms with van der Waals surface area (Å²) in [6.07, 6.45) is 0.623. The summed E-state index contributed by atoms with van der Waals surface area (Å²) in [7, 11) is 0. The lowest BCUT2D eigenvalue weighted by molar-refractivity contribution is -0.384. The third-order valence-electron chi connectivity index (χ3n) is 6.96. The Balaban J connectivity index is 1.67. The largest absolute Gasteiger partial charge is 0.507 e. The average molecular weight is 538 g/mol. The number of aryl methyl sites for hydroxylation is 1. The number of hydrogen-bond donors (Lipinski definition) is 1. The molecule has 0 saturated carbocycles. The molecule has 2 aromatic carbocycles. The highest BCUT2D eigenvalue weighted by molar-refractivity contribution is 6.46. The van der Waals surface area contributed by atoms with Crippen LogP contribution in [-0.2, 0) is 14.3 Å². The molecule has 10 nitrogen and oxygen atoms in total. The van der Waals surface area contributed by atoms with Crippen molar-refractivity contribution in [1.29, 1.82) is 0 Å². The highest BCUT2D eigenvalue weighted by atomic mass is 16.6. The second-order valence-electron chi connectivity index (χ2n) is 10.3. The SMILES string of the molecule is Cc1cc(C(O)=C2C(=O)C(=O)N(CCCN3CCOCC3)[C@@H]2c2ccc([N+](=O)[O-])cc2)ccc1OCC(C)C. The molecule has 2 fully saturated rings. The molecular weight excluding hydrogens is 502 g/mol. The molecule has 1 N–H and O–H groups in total. The van der Waals surface area contributed by atoms with E-state index in [1.165, 1.54) is 29.2 Å². The quantitative estimate of drug-likeness (QED) is 0.158. The number of nitrogens with zero attached hydrogens (tertiary/aromatic N) is 3. The number of rotatable bonds is 10. The highest BCUT2D eigenvalue weighted by Gasteiger charge is 2.46. The van der Waals surface area contributed by atoms with Crippen molar-refractivity contribution in [2.45, 2.75) is 33.2 Å². The van der Waals surface area contributed by atoms with Crippen LogP contribution in [0.25, 0.3) is 5.76 Å². The number of morpholine rings is 1. The minimum Gasteiger partial charge on any atom is -0.507 e. The third kappa shape index (κ3) is 6.46. The van der Waals surface area contributed by atoms with E-state index in [0.29, 0.717) is 55.6 Å². The molecule has 1 amide bonds. The molecule has 1 atom stereocenters. The van der Waals surface area contributed by atoms with Crippen molar-refractivity contribution in [3.8, 4) is 5.75 Å². The number of Topliss-reactive ketones (excluding diaryl/α,β-unsaturated/α-hetero) is 1. The molecule has 0 spiro atoms. The summed E-state index contributed by atoms with van der Waals surface area (Å²) in [5.74, 6) is -0.740. The Labute approximate surface area is 228 Å². The van der Waals surface area contributed by atoms with Crippen LogP contribution in [0, 0.1) is 23.0 Å². The number of hydrogen-bond acceptors (Lipinski definition) is 8. The first-order valence-corrected chi connectivity index (χ1v) is 13.2. The Morgan fingerprint density at radius 2 is 1.82 bits per heavy atom. The van der Waals surface area contributed by atoms with Gasteiger partial charge in [-0.05, 0) is 60.7 Å². The molecule has 0 unspecified atom stereocenters. The van der Waals surface area contributed by atoms with E-state index in [-0.39, 0.29) is 17.0 Å². The number of aliphatic hydroxyl groups excluding tert-OH is 1. The Kier molecular flexibility index (Phi) is 8.98. The smallest absolute Gasteiger partial charge is 0.295 e. The van der Waals surface area contributed by atoms with Crippen molar-refractivity contribution in [2.75, 3.05) is 46.0 Å². The number of aliphatic hydroxyl groups is 1. The van der Waals surface area contributed by atoms with Crippen LogP contribution in [0.5, 0.6) is 5.75 Å². The number of likely N-dealkylation sites (tertiary alicyclic amines) is 1. The molecule has 208 valence electrons. The lowest BCUT2D eigenvalue weighted by atomic mass is 9.94. The molecule has 2 aliphatic heterocycles. The molecule has 0 aromatic heterocycles. The predicted octanol–water partition coefficient (Wildman–Crippen LogP) is 4.08. The Morgan fingerprint density at radius 1 is 1.13 bits per heavy atom. The van der Waals surface area contributed by atoms with Gasteiger partial charge in [-0.15, -0.1) is 0 Å². The normalized spacial score (nSPS) is 19.6. The van der Waals surface area contributed by atoms with E-state index in [4.69, 9.17) is 9.47 Å². The average Bonchev–Trinajstić information content (AvgIpc) is 3.17. The van der Waals surface area contributed by atoms with Crippen LogP contribution >= 0.6 is 0 Å². The van der Waals surface area contributed by atoms with E-state index in [2.05, 4.69) is 4.90 Å². The van der Waals surface area contributed by atoms with Gasteiger partial charge in [0.2, 0.25) is 0 Å². The molecule has 2 heterocycles. The number of nitro groups is 1. The molecule has 0 radical (unpaired) electrons. The number of benzene rings is 2. The van der Waals surface area contributed by atoms with Crippen LogP contribution in [-0.4, -0.2) is 77.5 Å². The minimum atomic E-state index is -0.868. The first-order valence-electron chi connectivity index (χ1n) is 13.2. The van der Waals surface area contributed by atoms with Crippen molar-refractivity contribution in [2.24, 2.45) is 5.92 Å². The molecule has 4 rings (SSSR count). The summed E-state index contributed by atoms with van der Waals surface area (Å²) in [5.41, 5.74) is 1.56. The second-order valence-corrected chi connectivity index (χ2v) is 10.3. The van der Waals surface area contributed by atoms with Gasteiger partial charge in [-0.2, -0.15) is 0 Å². The Bertz CT molecular complexity index is 1250. The van der Waals surface area contributed by atoms with Gasteiger partial charge in [-0.25, -0.2) is 0 Å². The summed E-state index contributed by atoms with van der Waals surface area (Å²) in [6, 6.07) is 10.0. The molecule has 10 heteroatoms. The van der Waals surface area contributed by atoms with Gasteiger partial charge < -0.3 is 19.5 Å².